The molecule has 0 heterocycles. The lowest BCUT2D eigenvalue weighted by Gasteiger charge is -2.08. The molecular formula is C18H19ClN2O2. The lowest BCUT2D eigenvalue weighted by molar-refractivity contribution is 0.0983. The Morgan fingerprint density at radius 3 is 2.26 bits per heavy atom. The summed E-state index contributed by atoms with van der Waals surface area (Å²) in [5, 5.41) is 6.07. The van der Waals surface area contributed by atoms with E-state index in [1.807, 2.05) is 31.2 Å². The van der Waals surface area contributed by atoms with E-state index in [2.05, 4.69) is 10.6 Å². The minimum atomic E-state index is -0.295. The molecule has 2 aromatic rings. The van der Waals surface area contributed by atoms with Crippen molar-refractivity contribution in [3.8, 4) is 0 Å². The van der Waals surface area contributed by atoms with E-state index in [0.717, 1.165) is 11.1 Å². The fraction of sp³-hybridized carbons (Fsp3) is 0.222. The number of halogens is 1. The average Bonchev–Trinajstić information content (AvgIpc) is 2.55. The zero-order chi connectivity index (χ0) is 16.7. The van der Waals surface area contributed by atoms with E-state index in [-0.39, 0.29) is 18.2 Å². The molecule has 0 atom stereocenters. The molecule has 4 nitrogen and oxygen atoms in total. The fourth-order valence-corrected chi connectivity index (χ4v) is 2.15. The summed E-state index contributed by atoms with van der Waals surface area (Å²) in [6.07, 6.45) is 0.275. The first-order valence-corrected chi connectivity index (χ1v) is 7.78. The molecule has 2 amide bonds. The number of carbonyl (C=O) groups is 2. The second-order valence-corrected chi connectivity index (χ2v) is 5.71. The van der Waals surface area contributed by atoms with Crippen LogP contribution in [0.1, 0.15) is 27.9 Å². The van der Waals surface area contributed by atoms with Crippen LogP contribution in [0.25, 0.3) is 0 Å². The number of hydrogen-bond acceptors (Lipinski definition) is 2. The maximum absolute atomic E-state index is 12.0. The maximum Gasteiger partial charge on any atom is 0.315 e. The van der Waals surface area contributed by atoms with Crippen molar-refractivity contribution in [3.63, 3.8) is 0 Å². The number of benzene rings is 2. The number of carbonyl (C=O) groups excluding carboxylic acids is 2. The number of Topliss-reactive ketones (excluding diaryl/α,β-unsaturated/α-hetero) is 1. The number of ketones is 1. The van der Waals surface area contributed by atoms with E-state index in [1.165, 1.54) is 0 Å². The first kappa shape index (κ1) is 17.0. The highest BCUT2D eigenvalue weighted by Gasteiger charge is 2.06. The summed E-state index contributed by atoms with van der Waals surface area (Å²) < 4.78 is 0. The average molecular weight is 331 g/mol. The Bertz CT molecular complexity index is 666. The van der Waals surface area contributed by atoms with E-state index >= 15 is 0 Å². The van der Waals surface area contributed by atoms with Crippen LogP contribution >= 0.6 is 11.6 Å². The smallest absolute Gasteiger partial charge is 0.315 e. The first-order valence-electron chi connectivity index (χ1n) is 7.40. The third-order valence-electron chi connectivity index (χ3n) is 3.38. The number of aryl methyl sites for hydroxylation is 1. The largest absolute Gasteiger partial charge is 0.338 e. The summed E-state index contributed by atoms with van der Waals surface area (Å²) in [4.78, 5) is 23.7. The zero-order valence-corrected chi connectivity index (χ0v) is 13.7. The Morgan fingerprint density at radius 2 is 1.61 bits per heavy atom. The second kappa shape index (κ2) is 8.34. The fourth-order valence-electron chi connectivity index (χ4n) is 2.02. The van der Waals surface area contributed by atoms with Crippen molar-refractivity contribution < 1.29 is 9.59 Å². The van der Waals surface area contributed by atoms with Crippen LogP contribution in [-0.2, 0) is 6.54 Å². The molecular weight excluding hydrogens is 312 g/mol. The van der Waals surface area contributed by atoms with Gasteiger partial charge in [0.05, 0.1) is 0 Å². The molecule has 0 aliphatic heterocycles. The Hall–Kier alpha value is -2.33. The second-order valence-electron chi connectivity index (χ2n) is 5.28. The third-order valence-corrected chi connectivity index (χ3v) is 3.63. The molecule has 0 unspecified atom stereocenters. The monoisotopic (exact) mass is 330 g/mol. The minimum Gasteiger partial charge on any atom is -0.338 e. The first-order chi connectivity index (χ1) is 11.0. The van der Waals surface area contributed by atoms with Gasteiger partial charge in [0.2, 0.25) is 0 Å². The SMILES string of the molecule is Cc1ccc(C(=O)CCNC(=O)NCc2ccc(Cl)cc2)cc1. The van der Waals surface area contributed by atoms with Crippen molar-refractivity contribution in [3.05, 3.63) is 70.2 Å². The molecule has 5 heteroatoms. The standard InChI is InChI=1S/C18H19ClN2O2/c1-13-2-6-15(7-3-13)17(22)10-11-20-18(23)21-12-14-4-8-16(19)9-5-14/h2-9H,10-12H2,1H3,(H2,20,21,23). The number of rotatable bonds is 6. The van der Waals surface area contributed by atoms with Crippen LogP contribution in [0.5, 0.6) is 0 Å². The zero-order valence-electron chi connectivity index (χ0n) is 12.9. The highest BCUT2D eigenvalue weighted by Crippen LogP contribution is 2.09. The predicted octanol–water partition coefficient (Wildman–Crippen LogP) is 3.72. The van der Waals surface area contributed by atoms with Crippen molar-refractivity contribution in [1.29, 1.82) is 0 Å². The van der Waals surface area contributed by atoms with Gasteiger partial charge in [0.25, 0.3) is 0 Å². The Labute approximate surface area is 140 Å². The Kier molecular flexibility index (Phi) is 6.18. The molecule has 0 saturated heterocycles. The molecule has 2 aromatic carbocycles. The lowest BCUT2D eigenvalue weighted by atomic mass is 10.1. The normalized spacial score (nSPS) is 10.2. The van der Waals surface area contributed by atoms with Crippen molar-refractivity contribution in [2.45, 2.75) is 19.9 Å². The molecule has 0 spiro atoms. The van der Waals surface area contributed by atoms with Gasteiger partial charge >= 0.3 is 6.03 Å². The van der Waals surface area contributed by atoms with Gasteiger partial charge < -0.3 is 10.6 Å². The van der Waals surface area contributed by atoms with Gasteiger partial charge in [0.15, 0.2) is 5.78 Å². The molecule has 0 saturated carbocycles. The summed E-state index contributed by atoms with van der Waals surface area (Å²) in [5.74, 6) is 0.0167. The molecule has 23 heavy (non-hydrogen) atoms. The minimum absolute atomic E-state index is 0.0167. The molecule has 0 aliphatic rings. The van der Waals surface area contributed by atoms with Gasteiger partial charge in [-0.05, 0) is 24.6 Å². The van der Waals surface area contributed by atoms with Crippen LogP contribution < -0.4 is 10.6 Å². The quantitative estimate of drug-likeness (QED) is 0.793. The summed E-state index contributed by atoms with van der Waals surface area (Å²) in [6, 6.07) is 14.4. The van der Waals surface area contributed by atoms with Crippen LogP contribution in [-0.4, -0.2) is 18.4 Å². The van der Waals surface area contributed by atoms with Gasteiger partial charge in [-0.3, -0.25) is 4.79 Å². The molecule has 2 N–H and O–H groups in total. The summed E-state index contributed by atoms with van der Waals surface area (Å²) in [5.41, 5.74) is 2.74. The summed E-state index contributed by atoms with van der Waals surface area (Å²) >= 11 is 5.80. The van der Waals surface area contributed by atoms with Crippen LogP contribution in [0.15, 0.2) is 48.5 Å². The van der Waals surface area contributed by atoms with Gasteiger partial charge in [-0.25, -0.2) is 4.79 Å². The van der Waals surface area contributed by atoms with Gasteiger partial charge in [0, 0.05) is 30.1 Å². The number of hydrogen-bond donors (Lipinski definition) is 2. The van der Waals surface area contributed by atoms with Crippen molar-refractivity contribution in [2.24, 2.45) is 0 Å². The maximum atomic E-state index is 12.0. The highest BCUT2D eigenvalue weighted by molar-refractivity contribution is 6.30. The van der Waals surface area contributed by atoms with Crippen molar-refractivity contribution in [2.75, 3.05) is 6.54 Å². The predicted molar refractivity (Wildman–Crippen MR) is 91.8 cm³/mol. The van der Waals surface area contributed by atoms with E-state index < -0.39 is 0 Å². The van der Waals surface area contributed by atoms with Crippen LogP contribution in [0.4, 0.5) is 4.79 Å². The molecule has 0 aromatic heterocycles. The highest BCUT2D eigenvalue weighted by atomic mass is 35.5. The van der Waals surface area contributed by atoms with Gasteiger partial charge in [-0.2, -0.15) is 0 Å². The van der Waals surface area contributed by atoms with Gasteiger partial charge in [0.1, 0.15) is 0 Å². The third kappa shape index (κ3) is 5.75. The number of nitrogens with one attached hydrogen (secondary N) is 2. The van der Waals surface area contributed by atoms with Crippen LogP contribution in [0.3, 0.4) is 0 Å². The lowest BCUT2D eigenvalue weighted by Crippen LogP contribution is -2.36. The molecule has 0 bridgehead atoms. The Morgan fingerprint density at radius 1 is 0.957 bits per heavy atom. The van der Waals surface area contributed by atoms with E-state index in [0.29, 0.717) is 23.7 Å². The van der Waals surface area contributed by atoms with Crippen LogP contribution in [0.2, 0.25) is 5.02 Å². The molecule has 0 radical (unpaired) electrons. The van der Waals surface area contributed by atoms with Gasteiger partial charge in [-0.1, -0.05) is 53.6 Å². The topological polar surface area (TPSA) is 58.2 Å². The molecule has 2 rings (SSSR count). The molecule has 0 fully saturated rings. The summed E-state index contributed by atoms with van der Waals surface area (Å²) in [6.45, 7) is 2.69. The van der Waals surface area contributed by atoms with Crippen molar-refractivity contribution >= 4 is 23.4 Å². The van der Waals surface area contributed by atoms with Gasteiger partial charge in [-0.15, -0.1) is 0 Å². The number of urea groups is 1. The number of amides is 2. The summed E-state index contributed by atoms with van der Waals surface area (Å²) in [7, 11) is 0. The van der Waals surface area contributed by atoms with E-state index in [9.17, 15) is 9.59 Å². The van der Waals surface area contributed by atoms with E-state index in [1.54, 1.807) is 24.3 Å². The van der Waals surface area contributed by atoms with E-state index in [4.69, 9.17) is 11.6 Å². The molecule has 0 aliphatic carbocycles. The van der Waals surface area contributed by atoms with Crippen molar-refractivity contribution in [1.82, 2.24) is 10.6 Å². The molecule has 120 valence electrons. The van der Waals surface area contributed by atoms with Crippen LogP contribution in [0, 0.1) is 6.92 Å². The Balaban J connectivity index is 1.69.